The van der Waals surface area contributed by atoms with E-state index < -0.39 is 0 Å². The first-order chi connectivity index (χ1) is 7.79. The highest BCUT2D eigenvalue weighted by Crippen LogP contribution is 2.28. The Morgan fingerprint density at radius 2 is 2.19 bits per heavy atom. The van der Waals surface area contributed by atoms with Crippen LogP contribution in [0.1, 0.15) is 11.7 Å². The van der Waals surface area contributed by atoms with Crippen LogP contribution in [0.4, 0.5) is 0 Å². The van der Waals surface area contributed by atoms with Gasteiger partial charge in [-0.25, -0.2) is 0 Å². The van der Waals surface area contributed by atoms with Gasteiger partial charge in [-0.2, -0.15) is 4.98 Å². The van der Waals surface area contributed by atoms with E-state index in [4.69, 9.17) is 21.2 Å². The largest absolute Gasteiger partial charge is 0.387 e. The van der Waals surface area contributed by atoms with E-state index in [1.165, 1.54) is 11.8 Å². The van der Waals surface area contributed by atoms with Gasteiger partial charge in [-0.1, -0.05) is 28.9 Å². The fraction of sp³-hybridized carbons (Fsp3) is 0.200. The molecule has 1 aromatic heterocycles. The Morgan fingerprint density at radius 1 is 1.38 bits per heavy atom. The molecule has 0 bridgehead atoms. The molecule has 1 heterocycles. The number of halogens is 1. The van der Waals surface area contributed by atoms with Gasteiger partial charge in [-0.3, -0.25) is 0 Å². The first-order valence-electron chi connectivity index (χ1n) is 4.59. The van der Waals surface area contributed by atoms with E-state index in [0.29, 0.717) is 16.6 Å². The summed E-state index contributed by atoms with van der Waals surface area (Å²) in [4.78, 5) is 4.95. The third-order valence-electron chi connectivity index (χ3n) is 1.84. The van der Waals surface area contributed by atoms with E-state index in [1.54, 1.807) is 0 Å². The fourth-order valence-corrected chi connectivity index (χ4v) is 2.20. The van der Waals surface area contributed by atoms with Gasteiger partial charge in [0.1, 0.15) is 6.61 Å². The van der Waals surface area contributed by atoms with Crippen LogP contribution in [0.25, 0.3) is 0 Å². The number of thioether (sulfide) groups is 1. The molecule has 84 valence electrons. The van der Waals surface area contributed by atoms with Gasteiger partial charge in [0.05, 0.1) is 10.8 Å². The standard InChI is InChI=1S/C10H9ClN2O2S/c11-7-3-1-2-4-8(7)16-6-9-12-10(5-14)15-13-9/h1-4,14H,5-6H2. The van der Waals surface area contributed by atoms with Gasteiger partial charge in [0, 0.05) is 4.90 Å². The SMILES string of the molecule is OCc1nc(CSc2ccccc2Cl)no1. The van der Waals surface area contributed by atoms with Crippen molar-refractivity contribution in [3.05, 3.63) is 41.0 Å². The third-order valence-corrected chi connectivity index (χ3v) is 3.35. The molecule has 0 spiro atoms. The van der Waals surface area contributed by atoms with E-state index in [-0.39, 0.29) is 12.5 Å². The van der Waals surface area contributed by atoms with E-state index in [1.807, 2.05) is 24.3 Å². The summed E-state index contributed by atoms with van der Waals surface area (Å²) in [6, 6.07) is 7.56. The maximum atomic E-state index is 8.76. The number of nitrogens with zero attached hydrogens (tertiary/aromatic N) is 2. The fourth-order valence-electron chi connectivity index (χ4n) is 1.12. The highest BCUT2D eigenvalue weighted by atomic mass is 35.5. The second-order valence-electron chi connectivity index (χ2n) is 2.98. The summed E-state index contributed by atoms with van der Waals surface area (Å²) in [5.74, 6) is 1.34. The molecular formula is C10H9ClN2O2S. The lowest BCUT2D eigenvalue weighted by Gasteiger charge is -2.00. The summed E-state index contributed by atoms with van der Waals surface area (Å²) < 4.78 is 4.78. The maximum absolute atomic E-state index is 8.76. The van der Waals surface area contributed by atoms with Crippen molar-refractivity contribution in [2.45, 2.75) is 17.3 Å². The zero-order valence-electron chi connectivity index (χ0n) is 8.26. The zero-order valence-corrected chi connectivity index (χ0v) is 9.83. The van der Waals surface area contributed by atoms with Crippen molar-refractivity contribution in [2.24, 2.45) is 0 Å². The van der Waals surface area contributed by atoms with Crippen LogP contribution in [0.5, 0.6) is 0 Å². The molecular weight excluding hydrogens is 248 g/mol. The molecule has 0 amide bonds. The van der Waals surface area contributed by atoms with Crippen LogP contribution in [-0.4, -0.2) is 15.2 Å². The number of aliphatic hydroxyl groups is 1. The van der Waals surface area contributed by atoms with E-state index in [0.717, 1.165) is 4.90 Å². The molecule has 16 heavy (non-hydrogen) atoms. The van der Waals surface area contributed by atoms with Gasteiger partial charge in [0.25, 0.3) is 5.89 Å². The summed E-state index contributed by atoms with van der Waals surface area (Å²) in [6.45, 7) is -0.232. The molecule has 0 aliphatic heterocycles. The van der Waals surface area contributed by atoms with Crippen molar-refractivity contribution in [3.8, 4) is 0 Å². The Kier molecular flexibility index (Phi) is 3.82. The average Bonchev–Trinajstić information content (AvgIpc) is 2.76. The van der Waals surface area contributed by atoms with Crippen molar-refractivity contribution in [1.29, 1.82) is 0 Å². The number of hydrogen-bond donors (Lipinski definition) is 1. The van der Waals surface area contributed by atoms with Crippen molar-refractivity contribution in [3.63, 3.8) is 0 Å². The molecule has 0 aliphatic carbocycles. The molecule has 1 aromatic carbocycles. The molecule has 0 radical (unpaired) electrons. The lowest BCUT2D eigenvalue weighted by Crippen LogP contribution is -1.86. The molecule has 2 aromatic rings. The van der Waals surface area contributed by atoms with E-state index in [2.05, 4.69) is 10.1 Å². The van der Waals surface area contributed by atoms with Crippen LogP contribution in [0.2, 0.25) is 5.02 Å². The minimum Gasteiger partial charge on any atom is -0.387 e. The van der Waals surface area contributed by atoms with Gasteiger partial charge in [0.2, 0.25) is 0 Å². The molecule has 2 rings (SSSR count). The van der Waals surface area contributed by atoms with Gasteiger partial charge in [0.15, 0.2) is 5.82 Å². The van der Waals surface area contributed by atoms with Gasteiger partial charge in [-0.15, -0.1) is 11.8 Å². The molecule has 0 unspecified atom stereocenters. The molecule has 0 aliphatic rings. The third kappa shape index (κ3) is 2.75. The summed E-state index contributed by atoms with van der Waals surface area (Å²) in [7, 11) is 0. The lowest BCUT2D eigenvalue weighted by molar-refractivity contribution is 0.222. The van der Waals surface area contributed by atoms with E-state index in [9.17, 15) is 0 Å². The number of rotatable bonds is 4. The highest BCUT2D eigenvalue weighted by Gasteiger charge is 2.06. The summed E-state index contributed by atoms with van der Waals surface area (Å²) in [5.41, 5.74) is 0. The van der Waals surface area contributed by atoms with Gasteiger partial charge < -0.3 is 9.63 Å². The molecule has 0 atom stereocenters. The van der Waals surface area contributed by atoms with Crippen LogP contribution >= 0.6 is 23.4 Å². The Bertz CT molecular complexity index is 475. The van der Waals surface area contributed by atoms with Crippen LogP contribution < -0.4 is 0 Å². The van der Waals surface area contributed by atoms with Crippen molar-refractivity contribution in [2.75, 3.05) is 0 Å². The van der Waals surface area contributed by atoms with Crippen LogP contribution in [0, 0.1) is 0 Å². The lowest BCUT2D eigenvalue weighted by atomic mass is 10.4. The monoisotopic (exact) mass is 256 g/mol. The molecule has 0 saturated heterocycles. The van der Waals surface area contributed by atoms with Gasteiger partial charge in [-0.05, 0) is 12.1 Å². The second-order valence-corrected chi connectivity index (χ2v) is 4.41. The number of aliphatic hydroxyl groups excluding tert-OH is 1. The number of benzene rings is 1. The average molecular weight is 257 g/mol. The predicted octanol–water partition coefficient (Wildman–Crippen LogP) is 2.51. The highest BCUT2D eigenvalue weighted by molar-refractivity contribution is 7.98. The zero-order chi connectivity index (χ0) is 11.4. The summed E-state index contributed by atoms with van der Waals surface area (Å²) in [6.07, 6.45) is 0. The smallest absolute Gasteiger partial charge is 0.252 e. The first-order valence-corrected chi connectivity index (χ1v) is 5.95. The molecule has 0 fully saturated rings. The van der Waals surface area contributed by atoms with E-state index >= 15 is 0 Å². The summed E-state index contributed by atoms with van der Waals surface area (Å²) in [5, 5.41) is 13.2. The second kappa shape index (κ2) is 5.34. The maximum Gasteiger partial charge on any atom is 0.252 e. The van der Waals surface area contributed by atoms with Crippen molar-refractivity contribution >= 4 is 23.4 Å². The minimum atomic E-state index is -0.232. The Morgan fingerprint density at radius 3 is 2.88 bits per heavy atom. The first kappa shape index (κ1) is 11.4. The molecule has 6 heteroatoms. The number of aromatic nitrogens is 2. The molecule has 0 saturated carbocycles. The minimum absolute atomic E-state index is 0.231. The molecule has 4 nitrogen and oxygen atoms in total. The predicted molar refractivity (Wildman–Crippen MR) is 61.2 cm³/mol. The Hall–Kier alpha value is -1.04. The van der Waals surface area contributed by atoms with Crippen LogP contribution in [-0.2, 0) is 12.4 Å². The van der Waals surface area contributed by atoms with Crippen molar-refractivity contribution in [1.82, 2.24) is 10.1 Å². The number of hydrogen-bond acceptors (Lipinski definition) is 5. The summed E-state index contributed by atoms with van der Waals surface area (Å²) >= 11 is 7.52. The molecule has 1 N–H and O–H groups in total. The Labute approximate surface area is 102 Å². The topological polar surface area (TPSA) is 59.2 Å². The normalized spacial score (nSPS) is 10.6. The Balaban J connectivity index is 1.99. The van der Waals surface area contributed by atoms with Gasteiger partial charge >= 0.3 is 0 Å². The quantitative estimate of drug-likeness (QED) is 0.852. The van der Waals surface area contributed by atoms with Crippen LogP contribution in [0.15, 0.2) is 33.7 Å². The van der Waals surface area contributed by atoms with Crippen molar-refractivity contribution < 1.29 is 9.63 Å². The van der Waals surface area contributed by atoms with Crippen LogP contribution in [0.3, 0.4) is 0 Å².